The predicted octanol–water partition coefficient (Wildman–Crippen LogP) is 1.21. The second-order valence-electron chi connectivity index (χ2n) is 3.57. The van der Waals surface area contributed by atoms with Crippen LogP contribution in [0.2, 0.25) is 0 Å². The highest BCUT2D eigenvalue weighted by atomic mass is 19.1. The topological polar surface area (TPSA) is 55.1 Å². The standard InChI is InChI=1S/C11H15FN2O/c1-7-5-9(12)3-4-10(7)11(15)14-8(2)6-13/h3-5,8H,6,13H2,1-2H3,(H,14,15)/t8-/m1/s1. The van der Waals surface area contributed by atoms with Gasteiger partial charge in [-0.1, -0.05) is 0 Å². The van der Waals surface area contributed by atoms with E-state index in [0.29, 0.717) is 17.7 Å². The molecule has 0 radical (unpaired) electrons. The molecular formula is C11H15FN2O. The molecule has 0 bridgehead atoms. The van der Waals surface area contributed by atoms with Gasteiger partial charge in [0.25, 0.3) is 5.91 Å². The summed E-state index contributed by atoms with van der Waals surface area (Å²) in [7, 11) is 0. The number of hydrogen-bond acceptors (Lipinski definition) is 2. The summed E-state index contributed by atoms with van der Waals surface area (Å²) in [6.45, 7) is 3.90. The van der Waals surface area contributed by atoms with Gasteiger partial charge in [-0.3, -0.25) is 4.79 Å². The molecule has 1 aromatic rings. The highest BCUT2D eigenvalue weighted by molar-refractivity contribution is 5.95. The molecule has 0 aliphatic carbocycles. The van der Waals surface area contributed by atoms with Gasteiger partial charge in [0.05, 0.1) is 0 Å². The van der Waals surface area contributed by atoms with Crippen molar-refractivity contribution in [2.75, 3.05) is 6.54 Å². The molecule has 15 heavy (non-hydrogen) atoms. The quantitative estimate of drug-likeness (QED) is 0.788. The minimum atomic E-state index is -0.337. The van der Waals surface area contributed by atoms with Crippen LogP contribution in [0.15, 0.2) is 18.2 Å². The van der Waals surface area contributed by atoms with E-state index in [4.69, 9.17) is 5.73 Å². The van der Waals surface area contributed by atoms with Crippen molar-refractivity contribution in [1.29, 1.82) is 0 Å². The van der Waals surface area contributed by atoms with Crippen molar-refractivity contribution in [3.8, 4) is 0 Å². The Kier molecular flexibility index (Phi) is 3.80. The molecule has 0 spiro atoms. The fourth-order valence-corrected chi connectivity index (χ4v) is 1.24. The summed E-state index contributed by atoms with van der Waals surface area (Å²) < 4.78 is 12.8. The first-order valence-electron chi connectivity index (χ1n) is 4.81. The van der Waals surface area contributed by atoms with Gasteiger partial charge in [0.1, 0.15) is 5.82 Å². The van der Waals surface area contributed by atoms with Gasteiger partial charge in [-0.05, 0) is 37.6 Å². The molecule has 0 aliphatic rings. The number of rotatable bonds is 3. The Morgan fingerprint density at radius 1 is 1.60 bits per heavy atom. The second-order valence-corrected chi connectivity index (χ2v) is 3.57. The SMILES string of the molecule is Cc1cc(F)ccc1C(=O)N[C@H](C)CN. The van der Waals surface area contributed by atoms with E-state index in [2.05, 4.69) is 5.32 Å². The van der Waals surface area contributed by atoms with Gasteiger partial charge in [-0.2, -0.15) is 0 Å². The molecule has 1 amide bonds. The predicted molar refractivity (Wildman–Crippen MR) is 57.1 cm³/mol. The van der Waals surface area contributed by atoms with Crippen molar-refractivity contribution in [2.45, 2.75) is 19.9 Å². The highest BCUT2D eigenvalue weighted by Crippen LogP contribution is 2.09. The van der Waals surface area contributed by atoms with Crippen molar-refractivity contribution in [3.05, 3.63) is 35.1 Å². The van der Waals surface area contributed by atoms with E-state index in [0.717, 1.165) is 0 Å². The summed E-state index contributed by atoms with van der Waals surface area (Å²) in [6.07, 6.45) is 0. The van der Waals surface area contributed by atoms with Crippen molar-refractivity contribution >= 4 is 5.91 Å². The number of halogens is 1. The van der Waals surface area contributed by atoms with Crippen molar-refractivity contribution < 1.29 is 9.18 Å². The number of amides is 1. The third kappa shape index (κ3) is 3.02. The summed E-state index contributed by atoms with van der Waals surface area (Å²) in [5.74, 6) is -0.554. The molecule has 0 saturated carbocycles. The first kappa shape index (κ1) is 11.7. The second kappa shape index (κ2) is 4.89. The van der Waals surface area contributed by atoms with Gasteiger partial charge in [-0.25, -0.2) is 4.39 Å². The molecule has 3 N–H and O–H groups in total. The third-order valence-corrected chi connectivity index (χ3v) is 2.16. The summed E-state index contributed by atoms with van der Waals surface area (Å²) >= 11 is 0. The average Bonchev–Trinajstić information content (AvgIpc) is 2.17. The van der Waals surface area contributed by atoms with Crippen LogP contribution in [0.4, 0.5) is 4.39 Å². The Bertz CT molecular complexity index is 366. The number of benzene rings is 1. The lowest BCUT2D eigenvalue weighted by atomic mass is 10.1. The number of aryl methyl sites for hydroxylation is 1. The number of hydrogen-bond donors (Lipinski definition) is 2. The Morgan fingerprint density at radius 3 is 2.80 bits per heavy atom. The summed E-state index contributed by atoms with van der Waals surface area (Å²) in [5.41, 5.74) is 6.49. The zero-order chi connectivity index (χ0) is 11.4. The Hall–Kier alpha value is -1.42. The van der Waals surface area contributed by atoms with E-state index < -0.39 is 0 Å². The number of carbonyl (C=O) groups excluding carboxylic acids is 1. The van der Waals surface area contributed by atoms with Gasteiger partial charge < -0.3 is 11.1 Å². The number of carbonyl (C=O) groups is 1. The van der Waals surface area contributed by atoms with Crippen LogP contribution in [-0.2, 0) is 0 Å². The van der Waals surface area contributed by atoms with Crippen LogP contribution < -0.4 is 11.1 Å². The molecule has 0 unspecified atom stereocenters. The molecule has 82 valence electrons. The van der Waals surface area contributed by atoms with Crippen LogP contribution in [-0.4, -0.2) is 18.5 Å². The van der Waals surface area contributed by atoms with Crippen LogP contribution in [0.5, 0.6) is 0 Å². The fraction of sp³-hybridized carbons (Fsp3) is 0.364. The fourth-order valence-electron chi connectivity index (χ4n) is 1.24. The summed E-state index contributed by atoms with van der Waals surface area (Å²) in [6, 6.07) is 4.00. The van der Waals surface area contributed by atoms with Crippen LogP contribution in [0.3, 0.4) is 0 Å². The molecule has 0 heterocycles. The number of nitrogens with one attached hydrogen (secondary N) is 1. The maximum absolute atomic E-state index is 12.8. The van der Waals surface area contributed by atoms with E-state index in [1.165, 1.54) is 18.2 Å². The smallest absolute Gasteiger partial charge is 0.251 e. The minimum Gasteiger partial charge on any atom is -0.348 e. The molecule has 0 aromatic heterocycles. The third-order valence-electron chi connectivity index (χ3n) is 2.16. The first-order chi connectivity index (χ1) is 7.04. The van der Waals surface area contributed by atoms with Gasteiger partial charge in [-0.15, -0.1) is 0 Å². The zero-order valence-corrected chi connectivity index (χ0v) is 8.88. The van der Waals surface area contributed by atoms with E-state index in [9.17, 15) is 9.18 Å². The monoisotopic (exact) mass is 210 g/mol. The highest BCUT2D eigenvalue weighted by Gasteiger charge is 2.11. The van der Waals surface area contributed by atoms with E-state index in [1.807, 2.05) is 6.92 Å². The first-order valence-corrected chi connectivity index (χ1v) is 4.81. The summed E-state index contributed by atoms with van der Waals surface area (Å²) in [5, 5.41) is 2.72. The molecule has 0 saturated heterocycles. The lowest BCUT2D eigenvalue weighted by molar-refractivity contribution is 0.0940. The van der Waals surface area contributed by atoms with E-state index in [1.54, 1.807) is 6.92 Å². The molecule has 1 rings (SSSR count). The Morgan fingerprint density at radius 2 is 2.27 bits per heavy atom. The van der Waals surface area contributed by atoms with Gasteiger partial charge in [0.15, 0.2) is 0 Å². The molecule has 0 aliphatic heterocycles. The lowest BCUT2D eigenvalue weighted by Gasteiger charge is -2.12. The van der Waals surface area contributed by atoms with Gasteiger partial charge >= 0.3 is 0 Å². The maximum atomic E-state index is 12.8. The summed E-state index contributed by atoms with van der Waals surface area (Å²) in [4.78, 5) is 11.7. The maximum Gasteiger partial charge on any atom is 0.251 e. The van der Waals surface area contributed by atoms with Crippen molar-refractivity contribution in [2.24, 2.45) is 5.73 Å². The van der Waals surface area contributed by atoms with Crippen molar-refractivity contribution in [3.63, 3.8) is 0 Å². The number of nitrogens with two attached hydrogens (primary N) is 1. The van der Waals surface area contributed by atoms with Crippen LogP contribution in [0.25, 0.3) is 0 Å². The molecule has 4 heteroatoms. The molecule has 1 aromatic carbocycles. The molecular weight excluding hydrogens is 195 g/mol. The zero-order valence-electron chi connectivity index (χ0n) is 8.88. The molecule has 3 nitrogen and oxygen atoms in total. The van der Waals surface area contributed by atoms with Crippen molar-refractivity contribution in [1.82, 2.24) is 5.32 Å². The lowest BCUT2D eigenvalue weighted by Crippen LogP contribution is -2.38. The normalized spacial score (nSPS) is 12.3. The molecule has 0 fully saturated rings. The van der Waals surface area contributed by atoms with Crippen LogP contribution in [0, 0.1) is 12.7 Å². The van der Waals surface area contributed by atoms with E-state index >= 15 is 0 Å². The molecule has 1 atom stereocenters. The van der Waals surface area contributed by atoms with Crippen LogP contribution >= 0.6 is 0 Å². The van der Waals surface area contributed by atoms with E-state index in [-0.39, 0.29) is 17.8 Å². The largest absolute Gasteiger partial charge is 0.348 e. The van der Waals surface area contributed by atoms with Crippen LogP contribution in [0.1, 0.15) is 22.8 Å². The minimum absolute atomic E-state index is 0.0815. The van der Waals surface area contributed by atoms with Gasteiger partial charge in [0.2, 0.25) is 0 Å². The Balaban J connectivity index is 2.82. The van der Waals surface area contributed by atoms with Gasteiger partial charge in [0, 0.05) is 18.2 Å². The Labute approximate surface area is 88.5 Å². The average molecular weight is 210 g/mol.